The molecule has 152 valence electrons. The SMILES string of the molecule is COc1cc(OCC(F)(F)C(F)F)c(F)cc1CNC(=O)C1CCCN1C. The fourth-order valence-electron chi connectivity index (χ4n) is 2.79. The average molecular weight is 396 g/mol. The number of nitrogens with zero attached hydrogens (tertiary/aromatic N) is 1. The van der Waals surface area contributed by atoms with Crippen molar-refractivity contribution in [2.24, 2.45) is 0 Å². The lowest BCUT2D eigenvalue weighted by Gasteiger charge is -2.20. The Balaban J connectivity index is 2.05. The Labute approximate surface area is 153 Å². The molecule has 1 unspecified atom stereocenters. The summed E-state index contributed by atoms with van der Waals surface area (Å²) in [7, 11) is 3.10. The van der Waals surface area contributed by atoms with E-state index in [1.54, 1.807) is 0 Å². The summed E-state index contributed by atoms with van der Waals surface area (Å²) in [4.78, 5) is 14.1. The molecule has 1 aromatic rings. The van der Waals surface area contributed by atoms with E-state index in [-0.39, 0.29) is 29.8 Å². The van der Waals surface area contributed by atoms with Crippen molar-refractivity contribution in [3.63, 3.8) is 0 Å². The molecule has 1 fully saturated rings. The quantitative estimate of drug-likeness (QED) is 0.687. The van der Waals surface area contributed by atoms with E-state index < -0.39 is 30.5 Å². The monoisotopic (exact) mass is 396 g/mol. The lowest BCUT2D eigenvalue weighted by Crippen LogP contribution is -2.41. The summed E-state index contributed by atoms with van der Waals surface area (Å²) in [6, 6.07) is 1.67. The van der Waals surface area contributed by atoms with Gasteiger partial charge in [-0.25, -0.2) is 13.2 Å². The van der Waals surface area contributed by atoms with E-state index in [9.17, 15) is 26.7 Å². The molecule has 1 atom stereocenters. The van der Waals surface area contributed by atoms with E-state index in [1.165, 1.54) is 7.11 Å². The zero-order chi connectivity index (χ0) is 20.2. The van der Waals surface area contributed by atoms with Crippen LogP contribution in [0.1, 0.15) is 18.4 Å². The zero-order valence-electron chi connectivity index (χ0n) is 14.9. The number of benzene rings is 1. The molecule has 10 heteroatoms. The van der Waals surface area contributed by atoms with E-state index in [4.69, 9.17) is 4.74 Å². The van der Waals surface area contributed by atoms with E-state index >= 15 is 0 Å². The number of likely N-dealkylation sites (tertiary alicyclic amines) is 1. The van der Waals surface area contributed by atoms with Crippen LogP contribution in [-0.4, -0.2) is 56.5 Å². The number of nitrogens with one attached hydrogen (secondary N) is 1. The Morgan fingerprint density at radius 2 is 2.07 bits per heavy atom. The molecule has 5 nitrogen and oxygen atoms in total. The summed E-state index contributed by atoms with van der Waals surface area (Å²) in [6.45, 7) is -0.906. The number of methoxy groups -OCH3 is 1. The minimum atomic E-state index is -4.40. The van der Waals surface area contributed by atoms with Crippen LogP contribution in [0.3, 0.4) is 0 Å². The van der Waals surface area contributed by atoms with Gasteiger partial charge in [-0.05, 0) is 32.5 Å². The number of likely N-dealkylation sites (N-methyl/N-ethyl adjacent to an activating group) is 1. The predicted octanol–water partition coefficient (Wildman–Crippen LogP) is 2.82. The van der Waals surface area contributed by atoms with Crippen LogP contribution in [0.4, 0.5) is 22.0 Å². The molecule has 1 N–H and O–H groups in total. The second-order valence-electron chi connectivity index (χ2n) is 6.30. The van der Waals surface area contributed by atoms with Crippen LogP contribution in [0.5, 0.6) is 11.5 Å². The molecule has 0 aromatic heterocycles. The van der Waals surface area contributed by atoms with Crippen molar-refractivity contribution in [3.05, 3.63) is 23.5 Å². The van der Waals surface area contributed by atoms with Crippen molar-refractivity contribution in [1.29, 1.82) is 0 Å². The van der Waals surface area contributed by atoms with E-state index in [0.717, 1.165) is 31.5 Å². The molecule has 0 bridgehead atoms. The normalized spacial score (nSPS) is 18.0. The standard InChI is InChI=1S/C17H21F5N2O3/c1-24-5-3-4-12(24)15(25)23-8-10-6-11(18)14(7-13(10)26-2)27-9-17(21,22)16(19)20/h6-7,12,16H,3-5,8-9H2,1-2H3,(H,23,25). The first-order valence-electron chi connectivity index (χ1n) is 8.29. The van der Waals surface area contributed by atoms with Crippen LogP contribution < -0.4 is 14.8 Å². The first kappa shape index (κ1) is 21.2. The van der Waals surface area contributed by atoms with Crippen LogP contribution >= 0.6 is 0 Å². The summed E-state index contributed by atoms with van der Waals surface area (Å²) in [5.74, 6) is -6.21. The predicted molar refractivity (Wildman–Crippen MR) is 86.9 cm³/mol. The molecule has 0 radical (unpaired) electrons. The van der Waals surface area contributed by atoms with Crippen molar-refractivity contribution in [2.75, 3.05) is 27.3 Å². The van der Waals surface area contributed by atoms with E-state index in [0.29, 0.717) is 0 Å². The van der Waals surface area contributed by atoms with Gasteiger partial charge in [-0.3, -0.25) is 9.69 Å². The summed E-state index contributed by atoms with van der Waals surface area (Å²) in [6.07, 6.45) is -2.30. The number of halogens is 5. The Hall–Kier alpha value is -2.10. The van der Waals surface area contributed by atoms with E-state index in [2.05, 4.69) is 10.1 Å². The lowest BCUT2D eigenvalue weighted by atomic mass is 10.1. The van der Waals surface area contributed by atoms with Crippen molar-refractivity contribution >= 4 is 5.91 Å². The van der Waals surface area contributed by atoms with Crippen LogP contribution in [0.2, 0.25) is 0 Å². The first-order valence-corrected chi connectivity index (χ1v) is 8.29. The Kier molecular flexibility index (Phi) is 6.85. The van der Waals surface area contributed by atoms with Gasteiger partial charge < -0.3 is 14.8 Å². The molecule has 0 saturated carbocycles. The number of carbonyl (C=O) groups is 1. The lowest BCUT2D eigenvalue weighted by molar-refractivity contribution is -0.148. The van der Waals surface area contributed by atoms with Crippen LogP contribution in [-0.2, 0) is 11.3 Å². The number of hydrogen-bond donors (Lipinski definition) is 1. The Bertz CT molecular complexity index is 672. The topological polar surface area (TPSA) is 50.8 Å². The van der Waals surface area contributed by atoms with Gasteiger partial charge in [-0.2, -0.15) is 8.78 Å². The summed E-state index contributed by atoms with van der Waals surface area (Å²) in [5, 5.41) is 2.68. The van der Waals surface area contributed by atoms with Crippen molar-refractivity contribution < 1.29 is 36.2 Å². The van der Waals surface area contributed by atoms with Gasteiger partial charge in [0.05, 0.1) is 13.2 Å². The number of rotatable bonds is 8. The molecule has 2 rings (SSSR count). The first-order chi connectivity index (χ1) is 12.7. The molecule has 1 aliphatic rings. The third-order valence-corrected chi connectivity index (χ3v) is 4.35. The van der Waals surface area contributed by atoms with Gasteiger partial charge in [-0.1, -0.05) is 0 Å². The molecular weight excluding hydrogens is 375 g/mol. The van der Waals surface area contributed by atoms with Crippen molar-refractivity contribution in [3.8, 4) is 11.5 Å². The molecule has 1 saturated heterocycles. The van der Waals surface area contributed by atoms with E-state index in [1.807, 2.05) is 11.9 Å². The molecule has 0 spiro atoms. The maximum Gasteiger partial charge on any atom is 0.340 e. The molecule has 27 heavy (non-hydrogen) atoms. The molecule has 1 amide bonds. The minimum absolute atomic E-state index is 0.0449. The molecular formula is C17H21F5N2O3. The van der Waals surface area contributed by atoms with Crippen LogP contribution in [0.25, 0.3) is 0 Å². The number of amides is 1. The molecule has 1 aromatic carbocycles. The summed E-state index contributed by atoms with van der Waals surface area (Å²) < 4.78 is 73.9. The molecule has 1 heterocycles. The van der Waals surface area contributed by atoms with Crippen LogP contribution in [0, 0.1) is 5.82 Å². The summed E-state index contributed by atoms with van der Waals surface area (Å²) >= 11 is 0. The average Bonchev–Trinajstić information content (AvgIpc) is 3.04. The highest BCUT2D eigenvalue weighted by atomic mass is 19.3. The smallest absolute Gasteiger partial charge is 0.340 e. The van der Waals surface area contributed by atoms with Crippen molar-refractivity contribution in [1.82, 2.24) is 10.2 Å². The van der Waals surface area contributed by atoms with Crippen molar-refractivity contribution in [2.45, 2.75) is 37.8 Å². The molecule has 0 aliphatic carbocycles. The Morgan fingerprint density at radius 1 is 1.37 bits per heavy atom. The fraction of sp³-hybridized carbons (Fsp3) is 0.588. The fourth-order valence-corrected chi connectivity index (χ4v) is 2.79. The highest BCUT2D eigenvalue weighted by Gasteiger charge is 2.42. The number of carbonyl (C=O) groups excluding carboxylic acids is 1. The van der Waals surface area contributed by atoms with Gasteiger partial charge in [0.15, 0.2) is 18.2 Å². The third kappa shape index (κ3) is 5.21. The van der Waals surface area contributed by atoms with Gasteiger partial charge in [0.1, 0.15) is 5.75 Å². The Morgan fingerprint density at radius 3 is 2.63 bits per heavy atom. The maximum atomic E-state index is 14.1. The second-order valence-corrected chi connectivity index (χ2v) is 6.30. The largest absolute Gasteiger partial charge is 0.496 e. The highest BCUT2D eigenvalue weighted by molar-refractivity contribution is 5.82. The summed E-state index contributed by atoms with van der Waals surface area (Å²) in [5.41, 5.74) is 0.261. The second kappa shape index (κ2) is 8.73. The number of hydrogen-bond acceptors (Lipinski definition) is 4. The van der Waals surface area contributed by atoms with Gasteiger partial charge in [0.2, 0.25) is 5.91 Å². The van der Waals surface area contributed by atoms with Gasteiger partial charge in [0.25, 0.3) is 0 Å². The van der Waals surface area contributed by atoms with Crippen LogP contribution in [0.15, 0.2) is 12.1 Å². The number of alkyl halides is 4. The van der Waals surface area contributed by atoms with Gasteiger partial charge in [0, 0.05) is 18.2 Å². The minimum Gasteiger partial charge on any atom is -0.496 e. The third-order valence-electron chi connectivity index (χ3n) is 4.35. The highest BCUT2D eigenvalue weighted by Crippen LogP contribution is 2.30. The maximum absolute atomic E-state index is 14.1. The number of ether oxygens (including phenoxy) is 2. The zero-order valence-corrected chi connectivity index (χ0v) is 14.9. The molecule has 1 aliphatic heterocycles. The van der Waals surface area contributed by atoms with Gasteiger partial charge in [-0.15, -0.1) is 0 Å². The van der Waals surface area contributed by atoms with Gasteiger partial charge >= 0.3 is 12.3 Å².